The zero-order valence-corrected chi connectivity index (χ0v) is 25.4. The largest absolute Gasteiger partial charge is 0.492 e. The molecule has 0 bridgehead atoms. The minimum absolute atomic E-state index is 0.102. The third-order valence-corrected chi connectivity index (χ3v) is 6.64. The van der Waals surface area contributed by atoms with Crippen LogP contribution in [0.25, 0.3) is 10.9 Å². The zero-order valence-electron chi connectivity index (χ0n) is 25.4. The van der Waals surface area contributed by atoms with Crippen molar-refractivity contribution in [2.45, 2.75) is 59.7 Å². The first-order chi connectivity index (χ1) is 20.5. The predicted molar refractivity (Wildman–Crippen MR) is 166 cm³/mol. The minimum Gasteiger partial charge on any atom is -0.492 e. The highest BCUT2D eigenvalue weighted by atomic mass is 16.6. The van der Waals surface area contributed by atoms with E-state index in [4.69, 9.17) is 9.47 Å². The molecule has 0 atom stereocenters. The molecule has 228 valence electrons. The first-order valence-electron chi connectivity index (χ1n) is 14.3. The molecule has 0 aliphatic heterocycles. The zero-order chi connectivity index (χ0) is 31.0. The molecule has 2 aromatic heterocycles. The molecule has 2 amide bonds. The average molecular weight is 589 g/mol. The highest BCUT2D eigenvalue weighted by Crippen LogP contribution is 2.19. The number of carbonyl (C=O) groups is 2. The van der Waals surface area contributed by atoms with Gasteiger partial charge in [-0.2, -0.15) is 0 Å². The van der Waals surface area contributed by atoms with Crippen molar-refractivity contribution in [3.8, 4) is 5.75 Å². The van der Waals surface area contributed by atoms with Crippen LogP contribution < -0.4 is 26.2 Å². The van der Waals surface area contributed by atoms with E-state index in [0.29, 0.717) is 44.1 Å². The fourth-order valence-corrected chi connectivity index (χ4v) is 4.46. The summed E-state index contributed by atoms with van der Waals surface area (Å²) in [7, 11) is 0. The van der Waals surface area contributed by atoms with Crippen LogP contribution in [0, 0.1) is 13.8 Å². The molecule has 43 heavy (non-hydrogen) atoms. The maximum absolute atomic E-state index is 13.1. The third kappa shape index (κ3) is 9.09. The maximum atomic E-state index is 13.1. The molecule has 0 fully saturated rings. The van der Waals surface area contributed by atoms with Gasteiger partial charge >= 0.3 is 6.09 Å². The number of rotatable bonds is 12. The number of nitrogens with zero attached hydrogens (tertiary/aromatic N) is 2. The van der Waals surface area contributed by atoms with Crippen LogP contribution >= 0.6 is 0 Å². The number of amides is 2. The van der Waals surface area contributed by atoms with Crippen LogP contribution in [0.2, 0.25) is 0 Å². The van der Waals surface area contributed by atoms with Crippen molar-refractivity contribution in [2.75, 3.05) is 25.0 Å². The topological polar surface area (TPSA) is 139 Å². The van der Waals surface area contributed by atoms with E-state index in [1.54, 1.807) is 13.1 Å². The Morgan fingerprint density at radius 2 is 1.84 bits per heavy atom. The number of fused-ring (bicyclic) bond motifs is 1. The van der Waals surface area contributed by atoms with Crippen molar-refractivity contribution in [2.24, 2.45) is 0 Å². The van der Waals surface area contributed by atoms with Crippen LogP contribution in [-0.4, -0.2) is 51.8 Å². The lowest BCUT2D eigenvalue weighted by atomic mass is 10.1. The Labute approximate surface area is 251 Å². The molecule has 0 saturated heterocycles. The van der Waals surface area contributed by atoms with E-state index < -0.39 is 11.7 Å². The summed E-state index contributed by atoms with van der Waals surface area (Å²) in [5, 5.41) is 9.80. The molecule has 0 aliphatic rings. The number of hydrogen-bond donors (Lipinski definition) is 4. The monoisotopic (exact) mass is 588 g/mol. The maximum Gasteiger partial charge on any atom is 0.407 e. The number of carbonyl (C=O) groups excluding carboxylic acids is 2. The molecule has 0 spiro atoms. The average Bonchev–Trinajstić information content (AvgIpc) is 3.32. The fraction of sp³-hybridized carbons (Fsp3) is 0.375. The van der Waals surface area contributed by atoms with Gasteiger partial charge in [-0.1, -0.05) is 18.2 Å². The number of alkyl carbamates (subject to hydrolysis) is 1. The lowest BCUT2D eigenvalue weighted by molar-refractivity contribution is -0.121. The lowest BCUT2D eigenvalue weighted by Crippen LogP contribution is -2.34. The Hall–Kier alpha value is -4.80. The van der Waals surface area contributed by atoms with Gasteiger partial charge in [-0.05, 0) is 82.0 Å². The molecule has 0 unspecified atom stereocenters. The predicted octanol–water partition coefficient (Wildman–Crippen LogP) is 4.22. The molecule has 0 radical (unpaired) electrons. The molecule has 11 nitrogen and oxygen atoms in total. The van der Waals surface area contributed by atoms with Crippen LogP contribution in [-0.2, 0) is 29.0 Å². The van der Waals surface area contributed by atoms with Gasteiger partial charge in [0.15, 0.2) is 5.82 Å². The van der Waals surface area contributed by atoms with Crippen LogP contribution in [0.15, 0.2) is 59.7 Å². The minimum atomic E-state index is -0.554. The summed E-state index contributed by atoms with van der Waals surface area (Å²) in [5.74, 6) is 0.604. The number of hydrogen-bond acceptors (Lipinski definition) is 7. The standard InChI is InChI=1S/C32H40N6O5/c1-21-17-35-27-10-9-24(16-26(21)27)19-36-28(39)20-38-22(2)18-37-29(30(38)40)33-12-11-23-7-6-8-25(15-23)42-14-13-34-31(41)43-32(3,4)5/h6-10,15-18,35H,11-14,19-20H2,1-5H3,(H,33,37)(H,34,41)(H,36,39). The summed E-state index contributed by atoms with van der Waals surface area (Å²) in [6, 6.07) is 13.6. The van der Waals surface area contributed by atoms with Crippen molar-refractivity contribution in [1.29, 1.82) is 0 Å². The molecular weight excluding hydrogens is 548 g/mol. The molecule has 2 aromatic carbocycles. The second-order valence-corrected chi connectivity index (χ2v) is 11.4. The summed E-state index contributed by atoms with van der Waals surface area (Å²) in [6.45, 7) is 10.5. The van der Waals surface area contributed by atoms with Crippen molar-refractivity contribution in [3.05, 3.63) is 87.6 Å². The highest BCUT2D eigenvalue weighted by Gasteiger charge is 2.15. The summed E-state index contributed by atoms with van der Waals surface area (Å²) in [6.07, 6.45) is 3.67. The van der Waals surface area contributed by atoms with E-state index in [2.05, 4.69) is 32.0 Å². The molecule has 4 N–H and O–H groups in total. The van der Waals surface area contributed by atoms with E-state index in [-0.39, 0.29) is 23.8 Å². The van der Waals surface area contributed by atoms with Crippen LogP contribution in [0.5, 0.6) is 5.75 Å². The Morgan fingerprint density at radius 1 is 1.02 bits per heavy atom. The number of ether oxygens (including phenoxy) is 2. The number of H-pyrrole nitrogens is 1. The van der Waals surface area contributed by atoms with E-state index in [0.717, 1.165) is 27.6 Å². The molecule has 11 heteroatoms. The SMILES string of the molecule is Cc1c[nH]c2ccc(CNC(=O)Cn3c(C)cnc(NCCc4cccc(OCCNC(=O)OC(C)(C)C)c4)c3=O)cc12. The van der Waals surface area contributed by atoms with E-state index in [1.807, 2.05) is 70.3 Å². The molecule has 2 heterocycles. The van der Waals surface area contributed by atoms with Crippen molar-refractivity contribution < 1.29 is 19.1 Å². The van der Waals surface area contributed by atoms with Crippen molar-refractivity contribution in [1.82, 2.24) is 25.2 Å². The number of aromatic nitrogens is 3. The van der Waals surface area contributed by atoms with Gasteiger partial charge < -0.3 is 30.4 Å². The second kappa shape index (κ2) is 13.9. The normalized spacial score (nSPS) is 11.3. The third-order valence-electron chi connectivity index (χ3n) is 6.64. The molecule has 4 aromatic rings. The fourth-order valence-electron chi connectivity index (χ4n) is 4.46. The smallest absolute Gasteiger partial charge is 0.407 e. The second-order valence-electron chi connectivity index (χ2n) is 11.4. The number of benzene rings is 2. The van der Waals surface area contributed by atoms with Crippen molar-refractivity contribution in [3.63, 3.8) is 0 Å². The highest BCUT2D eigenvalue weighted by molar-refractivity contribution is 5.83. The summed E-state index contributed by atoms with van der Waals surface area (Å²) in [5.41, 5.74) is 3.88. The van der Waals surface area contributed by atoms with E-state index in [9.17, 15) is 14.4 Å². The first-order valence-corrected chi connectivity index (χ1v) is 14.3. The molecule has 4 rings (SSSR count). The Kier molecular flexibility index (Phi) is 10.1. The molecule has 0 saturated carbocycles. The van der Waals surface area contributed by atoms with Gasteiger partial charge in [0.2, 0.25) is 5.91 Å². The Balaban J connectivity index is 1.25. The first kappa shape index (κ1) is 31.1. The molecule has 0 aliphatic carbocycles. The van der Waals surface area contributed by atoms with Gasteiger partial charge in [-0.25, -0.2) is 9.78 Å². The van der Waals surface area contributed by atoms with Gasteiger partial charge in [0, 0.05) is 42.1 Å². The van der Waals surface area contributed by atoms with Crippen LogP contribution in [0.3, 0.4) is 0 Å². The summed E-state index contributed by atoms with van der Waals surface area (Å²) in [4.78, 5) is 45.1. The summed E-state index contributed by atoms with van der Waals surface area (Å²) < 4.78 is 12.4. The number of anilines is 1. The van der Waals surface area contributed by atoms with Gasteiger partial charge in [0.05, 0.1) is 6.54 Å². The van der Waals surface area contributed by atoms with Crippen LogP contribution in [0.4, 0.5) is 10.6 Å². The van der Waals surface area contributed by atoms with Crippen molar-refractivity contribution >= 4 is 28.7 Å². The lowest BCUT2D eigenvalue weighted by Gasteiger charge is -2.19. The van der Waals surface area contributed by atoms with E-state index >= 15 is 0 Å². The quantitative estimate of drug-likeness (QED) is 0.182. The van der Waals surface area contributed by atoms with E-state index in [1.165, 1.54) is 4.57 Å². The van der Waals surface area contributed by atoms with Gasteiger partial charge in [0.1, 0.15) is 24.5 Å². The van der Waals surface area contributed by atoms with Gasteiger partial charge in [-0.15, -0.1) is 0 Å². The van der Waals surface area contributed by atoms with Gasteiger partial charge in [0.25, 0.3) is 5.56 Å². The Morgan fingerprint density at radius 3 is 2.63 bits per heavy atom. The van der Waals surface area contributed by atoms with Crippen LogP contribution in [0.1, 0.15) is 43.2 Å². The number of aryl methyl sites for hydroxylation is 2. The summed E-state index contributed by atoms with van der Waals surface area (Å²) >= 11 is 0. The Bertz CT molecular complexity index is 1640. The molecular formula is C32H40N6O5. The number of aromatic amines is 1. The van der Waals surface area contributed by atoms with Gasteiger partial charge in [-0.3, -0.25) is 14.2 Å². The number of nitrogens with one attached hydrogen (secondary N) is 4.